The van der Waals surface area contributed by atoms with Gasteiger partial charge in [-0.2, -0.15) is 0 Å². The quantitative estimate of drug-likeness (QED) is 0.229. The van der Waals surface area contributed by atoms with Gasteiger partial charge in [0.15, 0.2) is 16.6 Å². The van der Waals surface area contributed by atoms with E-state index in [1.54, 1.807) is 0 Å². The second-order valence-corrected chi connectivity index (χ2v) is 18.0. The Kier molecular flexibility index (Phi) is 13.7. The molecule has 0 aliphatic heterocycles. The molecule has 0 aromatic heterocycles. The van der Waals surface area contributed by atoms with Gasteiger partial charge in [-0.3, -0.25) is 0 Å². The number of hydrogen-bond donors (Lipinski definition) is 0. The highest BCUT2D eigenvalue weighted by Gasteiger charge is 2.33. The molecule has 0 heterocycles. The first-order valence-electron chi connectivity index (χ1n) is 11.6. The van der Waals surface area contributed by atoms with E-state index in [1.807, 2.05) is 0 Å². The van der Waals surface area contributed by atoms with Gasteiger partial charge in [-0.25, -0.2) is 0 Å². The largest absolute Gasteiger partial charge is 0.417 e. The summed E-state index contributed by atoms with van der Waals surface area (Å²) in [5.41, 5.74) is 0.320. The van der Waals surface area contributed by atoms with Gasteiger partial charge in [0, 0.05) is 13.2 Å². The lowest BCUT2D eigenvalue weighted by Gasteiger charge is -2.34. The first-order valence-corrected chi connectivity index (χ1v) is 16.6. The molecule has 0 radical (unpaired) electrons. The fourth-order valence-electron chi connectivity index (χ4n) is 4.23. The van der Waals surface area contributed by atoms with Crippen molar-refractivity contribution in [1.29, 1.82) is 0 Å². The number of rotatable bonds is 17. The van der Waals surface area contributed by atoms with Gasteiger partial charge in [0.2, 0.25) is 0 Å². The Morgan fingerprint density at radius 2 is 0.923 bits per heavy atom. The van der Waals surface area contributed by atoms with Crippen LogP contribution in [0.5, 0.6) is 0 Å². The van der Waals surface area contributed by atoms with Gasteiger partial charge in [0.05, 0.1) is 0 Å². The molecule has 0 aromatic rings. The molecule has 0 fully saturated rings. The molecule has 26 heavy (non-hydrogen) atoms. The molecule has 158 valence electrons. The Morgan fingerprint density at radius 1 is 0.577 bits per heavy atom. The van der Waals surface area contributed by atoms with Crippen molar-refractivity contribution in [2.45, 2.75) is 124 Å². The lowest BCUT2D eigenvalue weighted by atomic mass is 9.86. The van der Waals surface area contributed by atoms with E-state index in [-0.39, 0.29) is 0 Å². The zero-order chi connectivity index (χ0) is 20.1. The molecule has 0 saturated carbocycles. The Hall–Kier alpha value is 0.354. The van der Waals surface area contributed by atoms with E-state index in [0.717, 1.165) is 19.6 Å². The Balaban J connectivity index is 4.51. The molecule has 0 N–H and O–H groups in total. The molecule has 0 unspecified atom stereocenters. The SMILES string of the molecule is CCC[Si](CCC)(CCC)OCCC(C)(C)CCO[Si](CC)(CC)CC. The van der Waals surface area contributed by atoms with Crippen LogP contribution in [0.1, 0.15) is 87.5 Å². The van der Waals surface area contributed by atoms with Gasteiger partial charge in [-0.15, -0.1) is 0 Å². The van der Waals surface area contributed by atoms with E-state index in [4.69, 9.17) is 8.85 Å². The summed E-state index contributed by atoms with van der Waals surface area (Å²) in [6.45, 7) is 20.6. The van der Waals surface area contributed by atoms with Crippen LogP contribution in [0.3, 0.4) is 0 Å². The normalized spacial score (nSPS) is 13.4. The van der Waals surface area contributed by atoms with Crippen LogP contribution in [-0.4, -0.2) is 29.8 Å². The highest BCUT2D eigenvalue weighted by Crippen LogP contribution is 2.31. The maximum Gasteiger partial charge on any atom is 0.192 e. The highest BCUT2D eigenvalue weighted by atomic mass is 28.4. The maximum absolute atomic E-state index is 6.70. The highest BCUT2D eigenvalue weighted by molar-refractivity contribution is 6.74. The summed E-state index contributed by atoms with van der Waals surface area (Å²) in [7, 11) is -2.93. The van der Waals surface area contributed by atoms with Gasteiger partial charge in [0.25, 0.3) is 0 Å². The van der Waals surface area contributed by atoms with E-state index in [9.17, 15) is 0 Å². The molecule has 0 atom stereocenters. The maximum atomic E-state index is 6.70. The lowest BCUT2D eigenvalue weighted by molar-refractivity contribution is 0.171. The summed E-state index contributed by atoms with van der Waals surface area (Å²) in [6.07, 6.45) is 6.17. The predicted molar refractivity (Wildman–Crippen MR) is 123 cm³/mol. The van der Waals surface area contributed by atoms with Gasteiger partial charge in [-0.1, -0.05) is 74.7 Å². The monoisotopic (exact) mass is 402 g/mol. The van der Waals surface area contributed by atoms with Crippen LogP contribution in [-0.2, 0) is 8.85 Å². The topological polar surface area (TPSA) is 18.5 Å². The second kappa shape index (κ2) is 13.5. The van der Waals surface area contributed by atoms with Crippen molar-refractivity contribution in [2.75, 3.05) is 13.2 Å². The Morgan fingerprint density at radius 3 is 1.23 bits per heavy atom. The van der Waals surface area contributed by atoms with Gasteiger partial charge >= 0.3 is 0 Å². The summed E-state index contributed by atoms with van der Waals surface area (Å²) in [4.78, 5) is 0. The summed E-state index contributed by atoms with van der Waals surface area (Å²) in [5, 5.41) is 0. The fourth-order valence-corrected chi connectivity index (χ4v) is 11.3. The van der Waals surface area contributed by atoms with Crippen molar-refractivity contribution >= 4 is 16.6 Å². The van der Waals surface area contributed by atoms with Crippen molar-refractivity contribution in [3.05, 3.63) is 0 Å². The number of hydrogen-bond acceptors (Lipinski definition) is 2. The van der Waals surface area contributed by atoms with Crippen LogP contribution < -0.4 is 0 Å². The van der Waals surface area contributed by atoms with Crippen LogP contribution in [0.2, 0.25) is 36.3 Å². The fraction of sp³-hybridized carbons (Fsp3) is 1.00. The Labute approximate surface area is 168 Å². The molecule has 0 saturated heterocycles. The average Bonchev–Trinajstić information content (AvgIpc) is 2.59. The van der Waals surface area contributed by atoms with E-state index in [0.29, 0.717) is 5.41 Å². The average molecular weight is 403 g/mol. The van der Waals surface area contributed by atoms with Crippen molar-refractivity contribution in [1.82, 2.24) is 0 Å². The van der Waals surface area contributed by atoms with E-state index in [1.165, 1.54) is 61.9 Å². The molecule has 0 rings (SSSR count). The van der Waals surface area contributed by atoms with E-state index in [2.05, 4.69) is 55.4 Å². The third-order valence-corrected chi connectivity index (χ3v) is 16.2. The van der Waals surface area contributed by atoms with Gasteiger partial charge < -0.3 is 8.85 Å². The minimum atomic E-state index is -1.50. The third-order valence-electron chi connectivity index (χ3n) is 6.42. The predicted octanol–water partition coefficient (Wildman–Crippen LogP) is 8.01. The van der Waals surface area contributed by atoms with Crippen LogP contribution in [0.4, 0.5) is 0 Å². The molecule has 0 bridgehead atoms. The first-order chi connectivity index (χ1) is 12.3. The second-order valence-electron chi connectivity index (χ2n) is 9.04. The molecule has 0 spiro atoms. The van der Waals surface area contributed by atoms with E-state index < -0.39 is 16.6 Å². The van der Waals surface area contributed by atoms with Crippen molar-refractivity contribution in [3.63, 3.8) is 0 Å². The molecule has 0 aromatic carbocycles. The van der Waals surface area contributed by atoms with Gasteiger partial charge in [-0.05, 0) is 54.5 Å². The Bertz CT molecular complexity index is 316. The first kappa shape index (κ1) is 26.4. The summed E-state index contributed by atoms with van der Waals surface area (Å²) >= 11 is 0. The van der Waals surface area contributed by atoms with Gasteiger partial charge in [0.1, 0.15) is 0 Å². The molecule has 0 amide bonds. The van der Waals surface area contributed by atoms with E-state index >= 15 is 0 Å². The molecule has 0 aliphatic carbocycles. The zero-order valence-corrected chi connectivity index (χ0v) is 21.5. The lowest BCUT2D eigenvalue weighted by Crippen LogP contribution is -2.39. The molecule has 4 heteroatoms. The molecule has 2 nitrogen and oxygen atoms in total. The minimum Gasteiger partial charge on any atom is -0.417 e. The standard InChI is InChI=1S/C22H50O2Si2/c1-9-19-26(20-10-2,21-11-3)24-18-16-22(7,8)15-17-23-25(12-4,13-5)14-6/h9-21H2,1-8H3. The van der Waals surface area contributed by atoms with Crippen molar-refractivity contribution in [3.8, 4) is 0 Å². The molecular formula is C22H50O2Si2. The summed E-state index contributed by atoms with van der Waals surface area (Å²) in [6, 6.07) is 7.79. The minimum absolute atomic E-state index is 0.320. The van der Waals surface area contributed by atoms with Crippen LogP contribution in [0.25, 0.3) is 0 Å². The summed E-state index contributed by atoms with van der Waals surface area (Å²) < 4.78 is 13.2. The third kappa shape index (κ3) is 9.52. The van der Waals surface area contributed by atoms with Crippen LogP contribution in [0.15, 0.2) is 0 Å². The molecule has 0 aliphatic rings. The molecular weight excluding hydrogens is 352 g/mol. The zero-order valence-electron chi connectivity index (χ0n) is 19.5. The van der Waals surface area contributed by atoms with Crippen molar-refractivity contribution < 1.29 is 8.85 Å². The smallest absolute Gasteiger partial charge is 0.192 e. The van der Waals surface area contributed by atoms with Crippen LogP contribution >= 0.6 is 0 Å². The van der Waals surface area contributed by atoms with Crippen LogP contribution in [0, 0.1) is 5.41 Å². The van der Waals surface area contributed by atoms with Crippen molar-refractivity contribution in [2.24, 2.45) is 5.41 Å². The summed E-state index contributed by atoms with van der Waals surface area (Å²) in [5.74, 6) is 0.